The Hall–Kier alpha value is -2.63. The summed E-state index contributed by atoms with van der Waals surface area (Å²) in [4.78, 5) is 0. The number of aromatic nitrogens is 5. The fraction of sp³-hybridized carbons (Fsp3) is 0.312. The van der Waals surface area contributed by atoms with Gasteiger partial charge in [-0.2, -0.15) is 5.10 Å². The molecule has 6 nitrogen and oxygen atoms in total. The maximum Gasteiger partial charge on any atom is 0.229 e. The lowest BCUT2D eigenvalue weighted by Crippen LogP contribution is -2.22. The van der Waals surface area contributed by atoms with Crippen LogP contribution in [0.25, 0.3) is 5.69 Å². The molecule has 0 amide bonds. The molecule has 6 heteroatoms. The Morgan fingerprint density at radius 1 is 1.14 bits per heavy atom. The van der Waals surface area contributed by atoms with E-state index < -0.39 is 0 Å². The van der Waals surface area contributed by atoms with Gasteiger partial charge in [0.2, 0.25) is 5.95 Å². The van der Waals surface area contributed by atoms with Crippen molar-refractivity contribution < 1.29 is 0 Å². The van der Waals surface area contributed by atoms with Crippen LogP contribution >= 0.6 is 0 Å². The van der Waals surface area contributed by atoms with E-state index in [9.17, 15) is 0 Å². The molecule has 0 aliphatic heterocycles. The Bertz CT molecular complexity index is 735. The van der Waals surface area contributed by atoms with Crippen LogP contribution in [0.1, 0.15) is 26.3 Å². The summed E-state index contributed by atoms with van der Waals surface area (Å²) in [5.74, 6) is 0.717. The first-order valence-corrected chi connectivity index (χ1v) is 7.27. The SMILES string of the molecule is CC(C)(C)n1cc(CNc2nncn2-c2ccccc2)cn1. The highest BCUT2D eigenvalue weighted by Gasteiger charge is 2.14. The van der Waals surface area contributed by atoms with Crippen LogP contribution in [-0.4, -0.2) is 24.5 Å². The Kier molecular flexibility index (Phi) is 3.66. The molecule has 1 aromatic carbocycles. The quantitative estimate of drug-likeness (QED) is 0.804. The van der Waals surface area contributed by atoms with Crippen molar-refractivity contribution in [3.05, 3.63) is 54.6 Å². The fourth-order valence-corrected chi connectivity index (χ4v) is 2.13. The van der Waals surface area contributed by atoms with Crippen molar-refractivity contribution in [2.75, 3.05) is 5.32 Å². The van der Waals surface area contributed by atoms with Crippen LogP contribution in [0.2, 0.25) is 0 Å². The van der Waals surface area contributed by atoms with E-state index in [-0.39, 0.29) is 5.54 Å². The van der Waals surface area contributed by atoms with E-state index in [0.717, 1.165) is 17.2 Å². The van der Waals surface area contributed by atoms with Crippen molar-refractivity contribution in [1.29, 1.82) is 0 Å². The lowest BCUT2D eigenvalue weighted by Gasteiger charge is -2.18. The average molecular weight is 296 g/mol. The molecule has 0 aliphatic rings. The summed E-state index contributed by atoms with van der Waals surface area (Å²) < 4.78 is 3.89. The summed E-state index contributed by atoms with van der Waals surface area (Å²) in [5, 5.41) is 15.8. The van der Waals surface area contributed by atoms with Crippen LogP contribution in [-0.2, 0) is 12.1 Å². The standard InChI is InChI=1S/C16H20N6/c1-16(2,3)22-11-13(10-19-22)9-17-15-20-18-12-21(15)14-7-5-4-6-8-14/h4-8,10-12H,9H2,1-3H3,(H,17,20). The predicted octanol–water partition coefficient (Wildman–Crippen LogP) is 2.83. The highest BCUT2D eigenvalue weighted by Crippen LogP contribution is 2.15. The maximum atomic E-state index is 4.40. The third-order valence-electron chi connectivity index (χ3n) is 3.36. The Labute approximate surface area is 129 Å². The first kappa shape index (κ1) is 14.3. The number of rotatable bonds is 4. The Balaban J connectivity index is 1.73. The maximum absolute atomic E-state index is 4.40. The van der Waals surface area contributed by atoms with Crippen LogP contribution in [0.4, 0.5) is 5.95 Å². The molecule has 1 N–H and O–H groups in total. The van der Waals surface area contributed by atoms with E-state index in [2.05, 4.69) is 47.6 Å². The fourth-order valence-electron chi connectivity index (χ4n) is 2.13. The smallest absolute Gasteiger partial charge is 0.229 e. The Morgan fingerprint density at radius 3 is 2.59 bits per heavy atom. The molecule has 3 aromatic rings. The highest BCUT2D eigenvalue weighted by molar-refractivity contribution is 5.40. The molecule has 0 spiro atoms. The Morgan fingerprint density at radius 2 is 1.91 bits per heavy atom. The minimum absolute atomic E-state index is 0.0116. The zero-order valence-corrected chi connectivity index (χ0v) is 13.1. The van der Waals surface area contributed by atoms with Crippen molar-refractivity contribution in [2.45, 2.75) is 32.9 Å². The molecule has 0 saturated heterocycles. The van der Waals surface area contributed by atoms with Crippen molar-refractivity contribution in [3.63, 3.8) is 0 Å². The molecule has 2 aromatic heterocycles. The van der Waals surface area contributed by atoms with Crippen LogP contribution in [0, 0.1) is 0 Å². The summed E-state index contributed by atoms with van der Waals surface area (Å²) in [5.41, 5.74) is 2.13. The zero-order valence-electron chi connectivity index (χ0n) is 13.1. The normalized spacial score (nSPS) is 11.6. The number of nitrogens with zero attached hydrogens (tertiary/aromatic N) is 5. The van der Waals surface area contributed by atoms with Gasteiger partial charge in [0, 0.05) is 18.3 Å². The second-order valence-corrected chi connectivity index (χ2v) is 6.18. The molecule has 0 bridgehead atoms. The first-order valence-electron chi connectivity index (χ1n) is 7.27. The number of benzene rings is 1. The highest BCUT2D eigenvalue weighted by atomic mass is 15.3. The second kappa shape index (κ2) is 5.63. The number of para-hydroxylation sites is 1. The van der Waals surface area contributed by atoms with Gasteiger partial charge in [-0.05, 0) is 32.9 Å². The van der Waals surface area contributed by atoms with Crippen LogP contribution in [0.3, 0.4) is 0 Å². The molecule has 2 heterocycles. The number of nitrogens with one attached hydrogen (secondary N) is 1. The molecule has 0 atom stereocenters. The van der Waals surface area contributed by atoms with Gasteiger partial charge in [0.25, 0.3) is 0 Å². The molecule has 22 heavy (non-hydrogen) atoms. The molecule has 0 unspecified atom stereocenters. The third-order valence-corrected chi connectivity index (χ3v) is 3.36. The van der Waals surface area contributed by atoms with Crippen LogP contribution in [0.5, 0.6) is 0 Å². The number of hydrogen-bond acceptors (Lipinski definition) is 4. The third kappa shape index (κ3) is 3.00. The number of anilines is 1. The molecule has 0 saturated carbocycles. The van der Waals surface area contributed by atoms with Gasteiger partial charge in [-0.25, -0.2) is 0 Å². The van der Waals surface area contributed by atoms with Crippen LogP contribution in [0.15, 0.2) is 49.1 Å². The topological polar surface area (TPSA) is 60.6 Å². The van der Waals surface area contributed by atoms with E-state index in [1.165, 1.54) is 0 Å². The molecule has 0 aliphatic carbocycles. The van der Waals surface area contributed by atoms with Crippen molar-refractivity contribution in [2.24, 2.45) is 0 Å². The van der Waals surface area contributed by atoms with E-state index in [1.54, 1.807) is 6.33 Å². The van der Waals surface area contributed by atoms with Gasteiger partial charge in [0.05, 0.1) is 17.4 Å². The molecular weight excluding hydrogens is 276 g/mol. The minimum Gasteiger partial charge on any atom is -0.350 e. The van der Waals surface area contributed by atoms with E-state index in [1.807, 2.05) is 45.8 Å². The zero-order chi connectivity index (χ0) is 15.6. The predicted molar refractivity (Wildman–Crippen MR) is 85.9 cm³/mol. The molecule has 0 fully saturated rings. The largest absolute Gasteiger partial charge is 0.350 e. The monoisotopic (exact) mass is 296 g/mol. The van der Waals surface area contributed by atoms with Gasteiger partial charge >= 0.3 is 0 Å². The lowest BCUT2D eigenvalue weighted by molar-refractivity contribution is 0.355. The molecule has 3 rings (SSSR count). The van der Waals surface area contributed by atoms with Crippen molar-refractivity contribution >= 4 is 5.95 Å². The van der Waals surface area contributed by atoms with Gasteiger partial charge < -0.3 is 5.32 Å². The van der Waals surface area contributed by atoms with Crippen molar-refractivity contribution in [1.82, 2.24) is 24.5 Å². The van der Waals surface area contributed by atoms with E-state index in [4.69, 9.17) is 0 Å². The van der Waals surface area contributed by atoms with Crippen LogP contribution < -0.4 is 5.32 Å². The van der Waals surface area contributed by atoms with Gasteiger partial charge in [0.1, 0.15) is 6.33 Å². The van der Waals surface area contributed by atoms with Gasteiger partial charge in [-0.15, -0.1) is 10.2 Å². The van der Waals surface area contributed by atoms with E-state index in [0.29, 0.717) is 6.54 Å². The minimum atomic E-state index is -0.0116. The van der Waals surface area contributed by atoms with Crippen molar-refractivity contribution in [3.8, 4) is 5.69 Å². The summed E-state index contributed by atoms with van der Waals surface area (Å²) in [6.07, 6.45) is 5.63. The summed E-state index contributed by atoms with van der Waals surface area (Å²) >= 11 is 0. The molecular formula is C16H20N6. The molecule has 114 valence electrons. The summed E-state index contributed by atoms with van der Waals surface area (Å²) in [6.45, 7) is 7.04. The van der Waals surface area contributed by atoms with Gasteiger partial charge in [-0.1, -0.05) is 18.2 Å². The first-order chi connectivity index (χ1) is 10.5. The lowest BCUT2D eigenvalue weighted by atomic mass is 10.1. The second-order valence-electron chi connectivity index (χ2n) is 6.18. The number of hydrogen-bond donors (Lipinski definition) is 1. The summed E-state index contributed by atoms with van der Waals surface area (Å²) in [7, 11) is 0. The van der Waals surface area contributed by atoms with Gasteiger partial charge in [0.15, 0.2) is 0 Å². The van der Waals surface area contributed by atoms with E-state index >= 15 is 0 Å². The molecule has 0 radical (unpaired) electrons. The summed E-state index contributed by atoms with van der Waals surface area (Å²) in [6, 6.07) is 10.0. The average Bonchev–Trinajstić information content (AvgIpc) is 3.14. The van der Waals surface area contributed by atoms with Gasteiger partial charge in [-0.3, -0.25) is 9.25 Å².